The first kappa shape index (κ1) is 14.1. The topological polar surface area (TPSA) is 77.4 Å². The van der Waals surface area contributed by atoms with Crippen molar-refractivity contribution >= 4 is 0 Å². The van der Waals surface area contributed by atoms with Gasteiger partial charge in [-0.3, -0.25) is 0 Å². The van der Waals surface area contributed by atoms with Crippen molar-refractivity contribution in [2.75, 3.05) is 0 Å². The van der Waals surface area contributed by atoms with Crippen LogP contribution in [0.5, 0.6) is 0 Å². The summed E-state index contributed by atoms with van der Waals surface area (Å²) in [5, 5.41) is 21.5. The number of rotatable bonds is 0. The van der Waals surface area contributed by atoms with E-state index in [2.05, 4.69) is 0 Å². The molecule has 6 nitrogen and oxygen atoms in total. The van der Waals surface area contributed by atoms with Crippen LogP contribution in [0.25, 0.3) is 0 Å². The highest BCUT2D eigenvalue weighted by molar-refractivity contribution is 5.09. The predicted molar refractivity (Wildman–Crippen MR) is 73.9 cm³/mol. The van der Waals surface area contributed by atoms with E-state index >= 15 is 0 Å². The van der Waals surface area contributed by atoms with E-state index in [4.69, 9.17) is 18.9 Å². The van der Waals surface area contributed by atoms with Crippen LogP contribution in [0.4, 0.5) is 0 Å². The second kappa shape index (κ2) is 4.65. The van der Waals surface area contributed by atoms with Crippen molar-refractivity contribution in [3.63, 3.8) is 0 Å². The van der Waals surface area contributed by atoms with Gasteiger partial charge in [-0.05, 0) is 25.7 Å². The third-order valence-electron chi connectivity index (χ3n) is 6.13. The molecule has 2 N–H and O–H groups in total. The molecule has 5 rings (SSSR count). The minimum absolute atomic E-state index is 0.519. The van der Waals surface area contributed by atoms with E-state index in [0.29, 0.717) is 0 Å². The first-order valence-corrected chi connectivity index (χ1v) is 8.69. The van der Waals surface area contributed by atoms with E-state index in [0.717, 1.165) is 51.4 Å². The van der Waals surface area contributed by atoms with Gasteiger partial charge in [0.2, 0.25) is 0 Å². The third kappa shape index (κ3) is 1.82. The number of aliphatic hydroxyl groups is 2. The molecule has 2 saturated heterocycles. The number of ether oxygens (including phenoxy) is 4. The Morgan fingerprint density at radius 2 is 0.818 bits per heavy atom. The van der Waals surface area contributed by atoms with Gasteiger partial charge in [0.1, 0.15) is 36.6 Å². The molecule has 0 bridgehead atoms. The lowest BCUT2D eigenvalue weighted by Crippen LogP contribution is -2.61. The zero-order valence-corrected chi connectivity index (χ0v) is 12.6. The average Bonchev–Trinajstić information content (AvgIpc) is 3.27. The zero-order valence-electron chi connectivity index (χ0n) is 12.6. The van der Waals surface area contributed by atoms with Crippen molar-refractivity contribution in [3.8, 4) is 0 Å². The lowest BCUT2D eigenvalue weighted by atomic mass is 9.85. The monoisotopic (exact) mass is 312 g/mol. The molecule has 5 aliphatic rings. The summed E-state index contributed by atoms with van der Waals surface area (Å²) in [5.74, 6) is -1.22. The van der Waals surface area contributed by atoms with Crippen LogP contribution in [0.3, 0.4) is 0 Å². The summed E-state index contributed by atoms with van der Waals surface area (Å²) in [6.45, 7) is 0. The molecule has 5 fully saturated rings. The Bertz CT molecular complexity index is 386. The maximum Gasteiger partial charge on any atom is 0.169 e. The Balaban J connectivity index is 1.42. The Hall–Kier alpha value is -0.240. The first-order chi connectivity index (χ1) is 10.6. The fourth-order valence-electron chi connectivity index (χ4n) is 5.04. The molecule has 0 radical (unpaired) electrons. The van der Waals surface area contributed by atoms with Crippen LogP contribution in [0.2, 0.25) is 0 Å². The normalized spacial score (nSPS) is 51.5. The predicted octanol–water partition coefficient (Wildman–Crippen LogP) is 0.830. The van der Waals surface area contributed by atoms with Crippen molar-refractivity contribution < 1.29 is 29.2 Å². The van der Waals surface area contributed by atoms with Gasteiger partial charge in [0, 0.05) is 25.7 Å². The van der Waals surface area contributed by atoms with Crippen LogP contribution in [0.1, 0.15) is 51.4 Å². The molecule has 2 heterocycles. The SMILES string of the molecule is OC1[C@H]2OC3(CCCC3)O[C@H]2C(O)[C@@H]2OC3(CCCC3)O[C@@H]12. The maximum absolute atomic E-state index is 10.7. The van der Waals surface area contributed by atoms with Gasteiger partial charge in [0.15, 0.2) is 11.6 Å². The summed E-state index contributed by atoms with van der Waals surface area (Å²) in [6.07, 6.45) is 3.90. The van der Waals surface area contributed by atoms with Crippen molar-refractivity contribution in [1.29, 1.82) is 0 Å². The number of fused-ring (bicyclic) bond motifs is 2. The first-order valence-electron chi connectivity index (χ1n) is 8.69. The van der Waals surface area contributed by atoms with Crippen molar-refractivity contribution in [2.45, 2.75) is 99.6 Å². The second-order valence-corrected chi connectivity index (χ2v) is 7.55. The summed E-state index contributed by atoms with van der Waals surface area (Å²) in [6, 6.07) is 0. The molecule has 3 aliphatic carbocycles. The molecule has 6 atom stereocenters. The summed E-state index contributed by atoms with van der Waals surface area (Å²) < 4.78 is 24.4. The minimum Gasteiger partial charge on any atom is -0.387 e. The van der Waals surface area contributed by atoms with Crippen LogP contribution >= 0.6 is 0 Å². The fraction of sp³-hybridized carbons (Fsp3) is 1.00. The summed E-state index contributed by atoms with van der Waals surface area (Å²) in [7, 11) is 0. The van der Waals surface area contributed by atoms with Crippen molar-refractivity contribution in [1.82, 2.24) is 0 Å². The molecule has 2 unspecified atom stereocenters. The van der Waals surface area contributed by atoms with E-state index in [-0.39, 0.29) is 0 Å². The van der Waals surface area contributed by atoms with Crippen LogP contribution in [-0.4, -0.2) is 58.4 Å². The van der Waals surface area contributed by atoms with E-state index in [1.165, 1.54) is 0 Å². The highest BCUT2D eigenvalue weighted by Crippen LogP contribution is 2.51. The molecule has 0 amide bonds. The van der Waals surface area contributed by atoms with Gasteiger partial charge < -0.3 is 29.2 Å². The average molecular weight is 312 g/mol. The molecule has 0 aromatic carbocycles. The van der Waals surface area contributed by atoms with Gasteiger partial charge in [-0.2, -0.15) is 0 Å². The quantitative estimate of drug-likeness (QED) is 0.690. The molecule has 2 aliphatic heterocycles. The molecule has 0 aromatic heterocycles. The van der Waals surface area contributed by atoms with Gasteiger partial charge >= 0.3 is 0 Å². The third-order valence-corrected chi connectivity index (χ3v) is 6.13. The van der Waals surface area contributed by atoms with Gasteiger partial charge in [-0.25, -0.2) is 0 Å². The highest BCUT2D eigenvalue weighted by atomic mass is 16.8. The summed E-state index contributed by atoms with van der Waals surface area (Å²) in [5.41, 5.74) is 0. The standard InChI is InChI=1S/C16H24O6/c17-9-11-12(20-15(19-11)5-1-2-6-15)10(18)14-13(9)21-16(22-14)7-3-4-8-16/h9-14,17-18H,1-8H2/t9?,10?,11-,12-,13-,14+/m0/s1. The van der Waals surface area contributed by atoms with Crippen LogP contribution in [0, 0.1) is 0 Å². The van der Waals surface area contributed by atoms with Crippen LogP contribution in [0.15, 0.2) is 0 Å². The van der Waals surface area contributed by atoms with Gasteiger partial charge in [0.05, 0.1) is 0 Å². The molecule has 22 heavy (non-hydrogen) atoms. The molecule has 2 spiro atoms. The highest BCUT2D eigenvalue weighted by Gasteiger charge is 2.65. The molecule has 6 heteroatoms. The van der Waals surface area contributed by atoms with E-state index in [1.54, 1.807) is 0 Å². The van der Waals surface area contributed by atoms with E-state index in [9.17, 15) is 10.2 Å². The Morgan fingerprint density at radius 3 is 1.09 bits per heavy atom. The Labute approximate surface area is 129 Å². The molecule has 3 saturated carbocycles. The van der Waals surface area contributed by atoms with Crippen LogP contribution in [-0.2, 0) is 18.9 Å². The Morgan fingerprint density at radius 1 is 0.545 bits per heavy atom. The van der Waals surface area contributed by atoms with E-state index in [1.807, 2.05) is 0 Å². The smallest absolute Gasteiger partial charge is 0.169 e. The molecule has 0 aromatic rings. The largest absolute Gasteiger partial charge is 0.387 e. The number of aliphatic hydroxyl groups excluding tert-OH is 2. The maximum atomic E-state index is 10.7. The van der Waals surface area contributed by atoms with Crippen molar-refractivity contribution in [3.05, 3.63) is 0 Å². The van der Waals surface area contributed by atoms with Crippen LogP contribution < -0.4 is 0 Å². The van der Waals surface area contributed by atoms with Gasteiger partial charge in [-0.1, -0.05) is 0 Å². The summed E-state index contributed by atoms with van der Waals surface area (Å²) in [4.78, 5) is 0. The fourth-order valence-corrected chi connectivity index (χ4v) is 5.04. The number of hydrogen-bond acceptors (Lipinski definition) is 6. The summed E-state index contributed by atoms with van der Waals surface area (Å²) >= 11 is 0. The number of hydrogen-bond donors (Lipinski definition) is 2. The molecular weight excluding hydrogens is 288 g/mol. The zero-order chi connectivity index (χ0) is 14.9. The van der Waals surface area contributed by atoms with Crippen molar-refractivity contribution in [2.24, 2.45) is 0 Å². The van der Waals surface area contributed by atoms with Gasteiger partial charge in [-0.15, -0.1) is 0 Å². The second-order valence-electron chi connectivity index (χ2n) is 7.55. The lowest BCUT2D eigenvalue weighted by Gasteiger charge is -2.38. The lowest BCUT2D eigenvalue weighted by molar-refractivity contribution is -0.202. The minimum atomic E-state index is -0.807. The van der Waals surface area contributed by atoms with E-state index < -0.39 is 48.2 Å². The van der Waals surface area contributed by atoms with Gasteiger partial charge in [0.25, 0.3) is 0 Å². The molecular formula is C16H24O6. The molecule has 124 valence electrons. The Kier molecular flexibility index (Phi) is 2.99.